The molecule has 0 amide bonds. The molecule has 0 aromatic rings. The van der Waals surface area contributed by atoms with Crippen LogP contribution in [0.2, 0.25) is 0 Å². The van der Waals surface area contributed by atoms with Gasteiger partial charge < -0.3 is 4.74 Å². The van der Waals surface area contributed by atoms with Gasteiger partial charge in [0.2, 0.25) is 0 Å². The Hall–Kier alpha value is -1.00. The molecule has 5 heteroatoms. The zero-order chi connectivity index (χ0) is 11.5. The average Bonchev–Trinajstić information content (AvgIpc) is 2.65. The van der Waals surface area contributed by atoms with Crippen molar-refractivity contribution in [3.05, 3.63) is 11.9 Å². The third-order valence-corrected chi connectivity index (χ3v) is 2.81. The van der Waals surface area contributed by atoms with Gasteiger partial charge in [0.1, 0.15) is 5.60 Å². The summed E-state index contributed by atoms with van der Waals surface area (Å²) in [6.07, 6.45) is 0.909. The van der Waals surface area contributed by atoms with Gasteiger partial charge in [0.05, 0.1) is 0 Å². The molecule has 0 spiro atoms. The van der Waals surface area contributed by atoms with Gasteiger partial charge in [-0.25, -0.2) is 4.79 Å². The zero-order valence-electron chi connectivity index (χ0n) is 8.49. The highest BCUT2D eigenvalue weighted by molar-refractivity contribution is 5.86. The number of hydrogen-bond acceptors (Lipinski definition) is 2. The molecule has 0 atom stereocenters. The van der Waals surface area contributed by atoms with Gasteiger partial charge in [0, 0.05) is 0 Å². The lowest BCUT2D eigenvalue weighted by Gasteiger charge is -2.26. The Morgan fingerprint density at radius 1 is 1.27 bits per heavy atom. The van der Waals surface area contributed by atoms with Crippen molar-refractivity contribution in [2.24, 2.45) is 0 Å². The third-order valence-electron chi connectivity index (χ3n) is 2.81. The first kappa shape index (κ1) is 12.1. The Bertz CT molecular complexity index is 276. The highest BCUT2D eigenvalue weighted by atomic mass is 19.3. The van der Waals surface area contributed by atoms with Crippen molar-refractivity contribution in [3.63, 3.8) is 0 Å². The van der Waals surface area contributed by atoms with Crippen molar-refractivity contribution < 1.29 is 22.7 Å². The Balaban J connectivity index is 2.68. The van der Waals surface area contributed by atoms with Crippen LogP contribution in [-0.4, -0.2) is 11.6 Å². The molecule has 0 unspecified atom stereocenters. The van der Waals surface area contributed by atoms with Crippen molar-refractivity contribution in [1.29, 1.82) is 0 Å². The molecular formula is C10H13F3O2. The quantitative estimate of drug-likeness (QED) is 0.540. The topological polar surface area (TPSA) is 26.3 Å². The summed E-state index contributed by atoms with van der Waals surface area (Å²) in [4.78, 5) is 11.0. The molecule has 1 saturated carbocycles. The standard InChI is InChI=1S/C10H13F3O2/c1-2-10(5-3-4-6-10)15-9(14)7(11)8(12)13/h2-6H2,1H3. The summed E-state index contributed by atoms with van der Waals surface area (Å²) in [5.41, 5.74) is -0.732. The number of ether oxygens (including phenoxy) is 1. The van der Waals surface area contributed by atoms with E-state index in [0.29, 0.717) is 19.3 Å². The second-order valence-electron chi connectivity index (χ2n) is 3.71. The zero-order valence-corrected chi connectivity index (χ0v) is 8.49. The SMILES string of the molecule is CCC1(OC(=O)C(F)=C(F)F)CCCC1. The molecule has 0 radical (unpaired) electrons. The van der Waals surface area contributed by atoms with Crippen LogP contribution >= 0.6 is 0 Å². The molecule has 0 heterocycles. The monoisotopic (exact) mass is 222 g/mol. The fourth-order valence-electron chi connectivity index (χ4n) is 1.87. The van der Waals surface area contributed by atoms with Gasteiger partial charge in [-0.3, -0.25) is 0 Å². The van der Waals surface area contributed by atoms with E-state index in [2.05, 4.69) is 0 Å². The van der Waals surface area contributed by atoms with Crippen molar-refractivity contribution >= 4 is 5.97 Å². The van der Waals surface area contributed by atoms with Crippen LogP contribution in [0.25, 0.3) is 0 Å². The van der Waals surface area contributed by atoms with E-state index in [0.717, 1.165) is 12.8 Å². The molecule has 0 aromatic heterocycles. The van der Waals surface area contributed by atoms with E-state index in [1.165, 1.54) is 0 Å². The number of hydrogen-bond donors (Lipinski definition) is 0. The Morgan fingerprint density at radius 3 is 2.20 bits per heavy atom. The summed E-state index contributed by atoms with van der Waals surface area (Å²) in [7, 11) is 0. The minimum Gasteiger partial charge on any atom is -0.454 e. The molecule has 2 nitrogen and oxygen atoms in total. The van der Waals surface area contributed by atoms with E-state index in [4.69, 9.17) is 4.74 Å². The highest BCUT2D eigenvalue weighted by Gasteiger charge is 2.37. The number of carbonyl (C=O) groups excluding carboxylic acids is 1. The maximum Gasteiger partial charge on any atom is 0.373 e. The van der Waals surface area contributed by atoms with E-state index in [-0.39, 0.29) is 0 Å². The molecule has 1 fully saturated rings. The summed E-state index contributed by atoms with van der Waals surface area (Å²) in [5.74, 6) is -3.62. The molecule has 86 valence electrons. The summed E-state index contributed by atoms with van der Waals surface area (Å²) in [6.45, 7) is 1.80. The van der Waals surface area contributed by atoms with Crippen LogP contribution in [0.4, 0.5) is 13.2 Å². The van der Waals surface area contributed by atoms with Gasteiger partial charge in [-0.15, -0.1) is 0 Å². The maximum atomic E-state index is 12.5. The molecule has 0 bridgehead atoms. The van der Waals surface area contributed by atoms with E-state index in [1.54, 1.807) is 6.92 Å². The summed E-state index contributed by atoms with van der Waals surface area (Å²) < 4.78 is 40.9. The molecule has 15 heavy (non-hydrogen) atoms. The first-order chi connectivity index (χ1) is 7.01. The summed E-state index contributed by atoms with van der Waals surface area (Å²) in [5, 5.41) is 0. The van der Waals surface area contributed by atoms with Crippen LogP contribution in [0.1, 0.15) is 39.0 Å². The first-order valence-electron chi connectivity index (χ1n) is 4.95. The van der Waals surface area contributed by atoms with Crippen molar-refractivity contribution in [2.45, 2.75) is 44.6 Å². The van der Waals surface area contributed by atoms with Gasteiger partial charge in [-0.2, -0.15) is 13.2 Å². The largest absolute Gasteiger partial charge is 0.454 e. The number of rotatable bonds is 3. The van der Waals surface area contributed by atoms with Gasteiger partial charge >= 0.3 is 12.0 Å². The van der Waals surface area contributed by atoms with E-state index < -0.39 is 23.5 Å². The minimum atomic E-state index is -2.62. The van der Waals surface area contributed by atoms with Crippen LogP contribution in [0.5, 0.6) is 0 Å². The van der Waals surface area contributed by atoms with Crippen molar-refractivity contribution in [3.8, 4) is 0 Å². The van der Waals surface area contributed by atoms with Gasteiger partial charge in [0.25, 0.3) is 5.83 Å². The van der Waals surface area contributed by atoms with Gasteiger partial charge in [-0.1, -0.05) is 6.92 Å². The Morgan fingerprint density at radius 2 is 1.80 bits per heavy atom. The van der Waals surface area contributed by atoms with Crippen LogP contribution in [0, 0.1) is 0 Å². The molecule has 1 aliphatic rings. The molecule has 0 saturated heterocycles. The smallest absolute Gasteiger partial charge is 0.373 e. The van der Waals surface area contributed by atoms with E-state index in [1.807, 2.05) is 0 Å². The fourth-order valence-corrected chi connectivity index (χ4v) is 1.87. The number of carbonyl (C=O) groups is 1. The van der Waals surface area contributed by atoms with Crippen LogP contribution in [-0.2, 0) is 9.53 Å². The molecule has 0 aliphatic heterocycles. The average molecular weight is 222 g/mol. The lowest BCUT2D eigenvalue weighted by Crippen LogP contribution is -2.31. The lowest BCUT2D eigenvalue weighted by atomic mass is 9.99. The fraction of sp³-hybridized carbons (Fsp3) is 0.700. The van der Waals surface area contributed by atoms with Crippen LogP contribution in [0.3, 0.4) is 0 Å². The van der Waals surface area contributed by atoms with Gasteiger partial charge in [0.15, 0.2) is 0 Å². The van der Waals surface area contributed by atoms with Gasteiger partial charge in [-0.05, 0) is 32.1 Å². The third kappa shape index (κ3) is 2.73. The number of halogens is 3. The molecule has 1 rings (SSSR count). The highest BCUT2D eigenvalue weighted by Crippen LogP contribution is 2.36. The first-order valence-corrected chi connectivity index (χ1v) is 4.95. The maximum absolute atomic E-state index is 12.5. The normalized spacial score (nSPS) is 18.7. The van der Waals surface area contributed by atoms with Crippen molar-refractivity contribution in [2.75, 3.05) is 0 Å². The minimum absolute atomic E-state index is 0.528. The summed E-state index contributed by atoms with van der Waals surface area (Å²) >= 11 is 0. The lowest BCUT2D eigenvalue weighted by molar-refractivity contribution is -0.157. The van der Waals surface area contributed by atoms with Crippen LogP contribution in [0.15, 0.2) is 11.9 Å². The molecule has 0 N–H and O–H groups in total. The van der Waals surface area contributed by atoms with E-state index in [9.17, 15) is 18.0 Å². The Kier molecular flexibility index (Phi) is 3.77. The molecule has 1 aliphatic carbocycles. The second-order valence-corrected chi connectivity index (χ2v) is 3.71. The second kappa shape index (κ2) is 4.68. The van der Waals surface area contributed by atoms with Crippen molar-refractivity contribution in [1.82, 2.24) is 0 Å². The number of esters is 1. The predicted octanol–water partition coefficient (Wildman–Crippen LogP) is 3.33. The molecular weight excluding hydrogens is 209 g/mol. The molecule has 0 aromatic carbocycles. The summed E-state index contributed by atoms with van der Waals surface area (Å²) in [6, 6.07) is 0. The van der Waals surface area contributed by atoms with E-state index >= 15 is 0 Å². The predicted molar refractivity (Wildman–Crippen MR) is 47.9 cm³/mol. The Labute approximate surface area is 86.1 Å². The van der Waals surface area contributed by atoms with Crippen LogP contribution < -0.4 is 0 Å².